The zero-order valence-corrected chi connectivity index (χ0v) is 10.7. The Morgan fingerprint density at radius 2 is 2.18 bits per heavy atom. The van der Waals surface area contributed by atoms with Crippen molar-refractivity contribution in [2.75, 3.05) is 20.3 Å². The van der Waals surface area contributed by atoms with E-state index < -0.39 is 6.10 Å². The number of aliphatic hydroxyl groups is 1. The van der Waals surface area contributed by atoms with Crippen LogP contribution in [0.25, 0.3) is 0 Å². The number of pyridine rings is 1. The molecular weight excluding hydrogens is 218 g/mol. The first-order valence-corrected chi connectivity index (χ1v) is 5.92. The molecule has 0 amide bonds. The summed E-state index contributed by atoms with van der Waals surface area (Å²) in [5, 5.41) is 10.1. The molecule has 0 aliphatic rings. The fourth-order valence-corrected chi connectivity index (χ4v) is 1.73. The van der Waals surface area contributed by atoms with Crippen LogP contribution in [-0.2, 0) is 4.74 Å². The third-order valence-corrected chi connectivity index (χ3v) is 2.51. The highest BCUT2D eigenvalue weighted by Gasteiger charge is 2.13. The van der Waals surface area contributed by atoms with Crippen LogP contribution < -0.4 is 4.74 Å². The molecule has 4 nitrogen and oxygen atoms in total. The van der Waals surface area contributed by atoms with Gasteiger partial charge in [0.25, 0.3) is 0 Å². The maximum atomic E-state index is 10.1. The number of ether oxygens (including phenoxy) is 2. The second kappa shape index (κ2) is 7.25. The predicted molar refractivity (Wildman–Crippen MR) is 66.0 cm³/mol. The molecule has 2 atom stereocenters. The summed E-state index contributed by atoms with van der Waals surface area (Å²) in [7, 11) is 1.67. The second-order valence-corrected chi connectivity index (χ2v) is 4.20. The Morgan fingerprint density at radius 3 is 2.82 bits per heavy atom. The van der Waals surface area contributed by atoms with E-state index in [0.717, 1.165) is 5.56 Å². The summed E-state index contributed by atoms with van der Waals surface area (Å²) < 4.78 is 10.4. The summed E-state index contributed by atoms with van der Waals surface area (Å²) in [5.41, 5.74) is 0.791. The number of nitrogens with zero attached hydrogens (tertiary/aromatic N) is 1. The number of hydrogen-bond acceptors (Lipinski definition) is 4. The van der Waals surface area contributed by atoms with Crippen LogP contribution in [0, 0.1) is 5.92 Å². The molecule has 0 aliphatic heterocycles. The van der Waals surface area contributed by atoms with Gasteiger partial charge in [0.15, 0.2) is 0 Å². The molecule has 2 unspecified atom stereocenters. The van der Waals surface area contributed by atoms with E-state index in [1.54, 1.807) is 19.5 Å². The van der Waals surface area contributed by atoms with Crippen molar-refractivity contribution >= 4 is 0 Å². The minimum absolute atomic E-state index is 0.311. The Kier molecular flexibility index (Phi) is 5.94. The first-order chi connectivity index (χ1) is 8.17. The van der Waals surface area contributed by atoms with Crippen molar-refractivity contribution in [1.82, 2.24) is 4.98 Å². The maximum Gasteiger partial charge on any atom is 0.137 e. The number of hydrogen-bond donors (Lipinski definition) is 1. The average Bonchev–Trinajstić information content (AvgIpc) is 2.30. The first-order valence-electron chi connectivity index (χ1n) is 5.92. The Hall–Kier alpha value is -1.13. The van der Waals surface area contributed by atoms with Gasteiger partial charge in [-0.05, 0) is 25.3 Å². The second-order valence-electron chi connectivity index (χ2n) is 4.20. The highest BCUT2D eigenvalue weighted by molar-refractivity contribution is 5.25. The van der Waals surface area contributed by atoms with Gasteiger partial charge in [-0.2, -0.15) is 0 Å². The minimum atomic E-state index is -0.520. The van der Waals surface area contributed by atoms with Crippen LogP contribution in [0.2, 0.25) is 0 Å². The fraction of sp³-hybridized carbons (Fsp3) is 0.615. The van der Waals surface area contributed by atoms with E-state index in [0.29, 0.717) is 31.3 Å². The molecule has 0 fully saturated rings. The van der Waals surface area contributed by atoms with E-state index in [9.17, 15) is 5.11 Å². The topological polar surface area (TPSA) is 51.6 Å². The lowest BCUT2D eigenvalue weighted by atomic mass is 10.00. The molecule has 0 saturated carbocycles. The lowest BCUT2D eigenvalue weighted by molar-refractivity contribution is 0.101. The Balaban J connectivity index is 2.61. The van der Waals surface area contributed by atoms with E-state index in [1.165, 1.54) is 0 Å². The van der Waals surface area contributed by atoms with Crippen molar-refractivity contribution in [3.8, 4) is 5.75 Å². The van der Waals surface area contributed by atoms with E-state index in [2.05, 4.69) is 4.98 Å². The van der Waals surface area contributed by atoms with Crippen LogP contribution in [0.1, 0.15) is 31.9 Å². The zero-order chi connectivity index (χ0) is 12.7. The molecule has 1 aromatic heterocycles. The fourth-order valence-electron chi connectivity index (χ4n) is 1.73. The smallest absolute Gasteiger partial charge is 0.137 e. The Morgan fingerprint density at radius 1 is 1.41 bits per heavy atom. The summed E-state index contributed by atoms with van der Waals surface area (Å²) in [5.74, 6) is 1.01. The summed E-state index contributed by atoms with van der Waals surface area (Å²) >= 11 is 0. The molecule has 1 heterocycles. The SMILES string of the molecule is CCOc1cncc(C(O)CC(C)COC)c1. The molecule has 1 N–H and O–H groups in total. The summed E-state index contributed by atoms with van der Waals surface area (Å²) in [6.07, 6.45) is 3.46. The maximum absolute atomic E-state index is 10.1. The molecule has 0 saturated heterocycles. The number of aromatic nitrogens is 1. The van der Waals surface area contributed by atoms with Gasteiger partial charge >= 0.3 is 0 Å². The van der Waals surface area contributed by atoms with Gasteiger partial charge < -0.3 is 14.6 Å². The quantitative estimate of drug-likeness (QED) is 0.792. The standard InChI is InChI=1S/C13H21NO3/c1-4-17-12-6-11(7-14-8-12)13(15)5-10(2)9-16-3/h6-8,10,13,15H,4-5,9H2,1-3H3. The highest BCUT2D eigenvalue weighted by Crippen LogP contribution is 2.23. The lowest BCUT2D eigenvalue weighted by Gasteiger charge is -2.16. The number of aliphatic hydroxyl groups excluding tert-OH is 1. The van der Waals surface area contributed by atoms with Crippen LogP contribution in [0.5, 0.6) is 5.75 Å². The van der Waals surface area contributed by atoms with Crippen molar-refractivity contribution in [2.45, 2.75) is 26.4 Å². The van der Waals surface area contributed by atoms with E-state index >= 15 is 0 Å². The zero-order valence-electron chi connectivity index (χ0n) is 10.7. The third-order valence-electron chi connectivity index (χ3n) is 2.51. The van der Waals surface area contributed by atoms with Gasteiger partial charge in [-0.15, -0.1) is 0 Å². The molecule has 0 aliphatic carbocycles. The average molecular weight is 239 g/mol. The third kappa shape index (κ3) is 4.71. The normalized spacial score (nSPS) is 14.4. The summed E-state index contributed by atoms with van der Waals surface area (Å²) in [6.45, 7) is 5.22. The van der Waals surface area contributed by atoms with E-state index in [1.807, 2.05) is 19.9 Å². The minimum Gasteiger partial charge on any atom is -0.492 e. The Labute approximate surface area is 103 Å². The van der Waals surface area contributed by atoms with Crippen molar-refractivity contribution in [3.05, 3.63) is 24.0 Å². The van der Waals surface area contributed by atoms with Gasteiger partial charge in [-0.25, -0.2) is 0 Å². The van der Waals surface area contributed by atoms with Gasteiger partial charge in [0, 0.05) is 25.5 Å². The summed E-state index contributed by atoms with van der Waals surface area (Å²) in [6, 6.07) is 1.83. The van der Waals surface area contributed by atoms with E-state index in [4.69, 9.17) is 9.47 Å². The lowest BCUT2D eigenvalue weighted by Crippen LogP contribution is -2.10. The van der Waals surface area contributed by atoms with Crippen molar-refractivity contribution in [3.63, 3.8) is 0 Å². The molecular formula is C13H21NO3. The predicted octanol–water partition coefficient (Wildman–Crippen LogP) is 2.19. The van der Waals surface area contributed by atoms with Gasteiger partial charge in [0.1, 0.15) is 5.75 Å². The number of methoxy groups -OCH3 is 1. The molecule has 1 aromatic rings. The molecule has 0 radical (unpaired) electrons. The van der Waals surface area contributed by atoms with Crippen molar-refractivity contribution < 1.29 is 14.6 Å². The van der Waals surface area contributed by atoms with Crippen LogP contribution in [0.3, 0.4) is 0 Å². The molecule has 0 spiro atoms. The van der Waals surface area contributed by atoms with Gasteiger partial charge in [-0.1, -0.05) is 6.92 Å². The van der Waals surface area contributed by atoms with Crippen LogP contribution in [0.15, 0.2) is 18.5 Å². The van der Waals surface area contributed by atoms with Crippen LogP contribution in [0.4, 0.5) is 0 Å². The van der Waals surface area contributed by atoms with Gasteiger partial charge in [0.2, 0.25) is 0 Å². The van der Waals surface area contributed by atoms with E-state index in [-0.39, 0.29) is 0 Å². The summed E-state index contributed by atoms with van der Waals surface area (Å²) in [4.78, 5) is 4.06. The largest absolute Gasteiger partial charge is 0.492 e. The molecule has 0 aromatic carbocycles. The Bertz CT molecular complexity index is 330. The number of rotatable bonds is 7. The molecule has 4 heteroatoms. The van der Waals surface area contributed by atoms with Crippen LogP contribution >= 0.6 is 0 Å². The first kappa shape index (κ1) is 13.9. The van der Waals surface area contributed by atoms with Crippen molar-refractivity contribution in [1.29, 1.82) is 0 Å². The molecule has 17 heavy (non-hydrogen) atoms. The monoisotopic (exact) mass is 239 g/mol. The molecule has 0 bridgehead atoms. The van der Waals surface area contributed by atoms with Gasteiger partial charge in [-0.3, -0.25) is 4.98 Å². The molecule has 96 valence electrons. The van der Waals surface area contributed by atoms with Crippen molar-refractivity contribution in [2.24, 2.45) is 5.92 Å². The van der Waals surface area contributed by atoms with Crippen LogP contribution in [-0.4, -0.2) is 30.4 Å². The highest BCUT2D eigenvalue weighted by atomic mass is 16.5. The van der Waals surface area contributed by atoms with Gasteiger partial charge in [0.05, 0.1) is 18.9 Å². The molecule has 1 rings (SSSR count).